The third-order valence-electron chi connectivity index (χ3n) is 3.30. The molecule has 0 aliphatic carbocycles. The number of carbonyl (C=O) groups excluding carboxylic acids is 2. The fourth-order valence-electron chi connectivity index (χ4n) is 1.99. The Morgan fingerprint density at radius 2 is 1.58 bits per heavy atom. The average Bonchev–Trinajstić information content (AvgIpc) is 2.53. The maximum atomic E-state index is 12.1. The number of ether oxygens (including phenoxy) is 1. The van der Waals surface area contributed by atoms with Crippen LogP contribution in [0.25, 0.3) is 0 Å². The van der Waals surface area contributed by atoms with E-state index in [1.165, 1.54) is 49.4 Å². The van der Waals surface area contributed by atoms with Gasteiger partial charge in [0.15, 0.2) is 15.9 Å². The molecule has 0 bridgehead atoms. The zero-order valence-corrected chi connectivity index (χ0v) is 16.2. The highest BCUT2D eigenvalue weighted by Crippen LogP contribution is 2.22. The van der Waals surface area contributed by atoms with Gasteiger partial charge in [0.1, 0.15) is 0 Å². The summed E-state index contributed by atoms with van der Waals surface area (Å²) in [5.41, 5.74) is 0.496. The molecule has 2 rings (SSSR count). The van der Waals surface area contributed by atoms with Crippen LogP contribution in [0.2, 0.25) is 10.0 Å². The molecule has 2 aromatic carbocycles. The first-order valence-corrected chi connectivity index (χ1v) is 9.99. The van der Waals surface area contributed by atoms with Crippen molar-refractivity contribution in [3.8, 4) is 0 Å². The molecule has 26 heavy (non-hydrogen) atoms. The second kappa shape index (κ2) is 8.07. The number of carbonyl (C=O) groups is 2. The van der Waals surface area contributed by atoms with E-state index >= 15 is 0 Å². The van der Waals surface area contributed by atoms with Crippen LogP contribution >= 0.6 is 23.2 Å². The fourth-order valence-corrected chi connectivity index (χ4v) is 3.15. The number of amides is 1. The molecule has 138 valence electrons. The van der Waals surface area contributed by atoms with Crippen molar-refractivity contribution in [2.24, 2.45) is 0 Å². The van der Waals surface area contributed by atoms with Crippen molar-refractivity contribution < 1.29 is 22.7 Å². The smallest absolute Gasteiger partial charge is 0.338 e. The van der Waals surface area contributed by atoms with Gasteiger partial charge in [0.25, 0.3) is 5.91 Å². The van der Waals surface area contributed by atoms with Gasteiger partial charge in [0.05, 0.1) is 10.5 Å². The van der Waals surface area contributed by atoms with Crippen molar-refractivity contribution >= 4 is 50.6 Å². The van der Waals surface area contributed by atoms with Crippen LogP contribution in [-0.2, 0) is 19.4 Å². The summed E-state index contributed by atoms with van der Waals surface area (Å²) in [7, 11) is -3.36. The van der Waals surface area contributed by atoms with Crippen molar-refractivity contribution in [1.82, 2.24) is 0 Å². The Hall–Kier alpha value is -2.09. The molecule has 0 radical (unpaired) electrons. The van der Waals surface area contributed by atoms with Crippen molar-refractivity contribution in [3.05, 3.63) is 58.1 Å². The second-order valence-corrected chi connectivity index (χ2v) is 8.38. The normalized spacial score (nSPS) is 12.3. The minimum atomic E-state index is -3.36. The highest BCUT2D eigenvalue weighted by molar-refractivity contribution is 7.90. The number of rotatable bonds is 5. The van der Waals surface area contributed by atoms with Gasteiger partial charge < -0.3 is 10.1 Å². The molecular weight excluding hydrogens is 401 g/mol. The van der Waals surface area contributed by atoms with Crippen LogP contribution in [0.5, 0.6) is 0 Å². The molecule has 9 heteroatoms. The van der Waals surface area contributed by atoms with Crippen molar-refractivity contribution in [1.29, 1.82) is 0 Å². The SMILES string of the molecule is CC(OC(=O)c1ccc(S(C)(=O)=O)cc1)C(=O)Nc1cc(Cl)cc(Cl)c1. The molecule has 0 aliphatic heterocycles. The molecule has 0 saturated heterocycles. The summed E-state index contributed by atoms with van der Waals surface area (Å²) >= 11 is 11.7. The van der Waals surface area contributed by atoms with E-state index in [0.717, 1.165) is 6.26 Å². The molecule has 2 aromatic rings. The summed E-state index contributed by atoms with van der Waals surface area (Å²) in [6, 6.07) is 9.76. The molecule has 1 atom stereocenters. The molecule has 0 spiro atoms. The van der Waals surface area contributed by atoms with E-state index in [1.54, 1.807) is 0 Å². The second-order valence-electron chi connectivity index (χ2n) is 5.49. The summed E-state index contributed by atoms with van der Waals surface area (Å²) in [4.78, 5) is 24.3. The van der Waals surface area contributed by atoms with Crippen LogP contribution in [0.15, 0.2) is 47.4 Å². The number of nitrogens with one attached hydrogen (secondary N) is 1. The van der Waals surface area contributed by atoms with Crippen LogP contribution < -0.4 is 5.32 Å². The molecule has 1 N–H and O–H groups in total. The summed E-state index contributed by atoms with van der Waals surface area (Å²) in [5, 5.41) is 3.25. The number of hydrogen-bond donors (Lipinski definition) is 1. The van der Waals surface area contributed by atoms with Gasteiger partial charge in [-0.15, -0.1) is 0 Å². The lowest BCUT2D eigenvalue weighted by Gasteiger charge is -2.14. The average molecular weight is 416 g/mol. The van der Waals surface area contributed by atoms with E-state index in [1.807, 2.05) is 0 Å². The molecule has 1 amide bonds. The van der Waals surface area contributed by atoms with E-state index in [2.05, 4.69) is 5.32 Å². The zero-order valence-electron chi connectivity index (χ0n) is 13.8. The predicted molar refractivity (Wildman–Crippen MR) is 99.5 cm³/mol. The quantitative estimate of drug-likeness (QED) is 0.753. The summed E-state index contributed by atoms with van der Waals surface area (Å²) in [6.07, 6.45) is -0.0238. The van der Waals surface area contributed by atoms with Crippen LogP contribution in [0.1, 0.15) is 17.3 Å². The Labute approximate surface area is 161 Å². The zero-order chi connectivity index (χ0) is 19.5. The van der Waals surface area contributed by atoms with Gasteiger partial charge in [-0.2, -0.15) is 0 Å². The highest BCUT2D eigenvalue weighted by Gasteiger charge is 2.20. The maximum absolute atomic E-state index is 12.1. The first-order valence-electron chi connectivity index (χ1n) is 7.34. The molecule has 0 heterocycles. The van der Waals surface area contributed by atoms with Gasteiger partial charge >= 0.3 is 5.97 Å². The van der Waals surface area contributed by atoms with Gasteiger partial charge in [0, 0.05) is 22.0 Å². The fraction of sp³-hybridized carbons (Fsp3) is 0.176. The Morgan fingerprint density at radius 3 is 2.08 bits per heavy atom. The summed E-state index contributed by atoms with van der Waals surface area (Å²) in [5.74, 6) is -1.32. The molecular formula is C17H15Cl2NO5S. The van der Waals surface area contributed by atoms with Crippen LogP contribution in [0, 0.1) is 0 Å². The van der Waals surface area contributed by atoms with Crippen LogP contribution in [0.4, 0.5) is 5.69 Å². The van der Waals surface area contributed by atoms with E-state index in [4.69, 9.17) is 27.9 Å². The van der Waals surface area contributed by atoms with Crippen LogP contribution in [0.3, 0.4) is 0 Å². The van der Waals surface area contributed by atoms with Gasteiger partial charge in [-0.25, -0.2) is 13.2 Å². The summed E-state index contributed by atoms with van der Waals surface area (Å²) < 4.78 is 27.9. The Morgan fingerprint density at radius 1 is 1.04 bits per heavy atom. The summed E-state index contributed by atoms with van der Waals surface area (Å²) in [6.45, 7) is 1.41. The number of benzene rings is 2. The van der Waals surface area contributed by atoms with E-state index in [-0.39, 0.29) is 10.5 Å². The maximum Gasteiger partial charge on any atom is 0.338 e. The molecule has 0 fully saturated rings. The van der Waals surface area contributed by atoms with Gasteiger partial charge in [-0.3, -0.25) is 4.79 Å². The lowest BCUT2D eigenvalue weighted by Crippen LogP contribution is -2.30. The number of hydrogen-bond acceptors (Lipinski definition) is 5. The Bertz CT molecular complexity index is 922. The number of halogens is 2. The van der Waals surface area contributed by atoms with Crippen molar-refractivity contribution in [3.63, 3.8) is 0 Å². The van der Waals surface area contributed by atoms with Gasteiger partial charge in [0.2, 0.25) is 0 Å². The third kappa shape index (κ3) is 5.45. The first-order chi connectivity index (χ1) is 12.1. The largest absolute Gasteiger partial charge is 0.449 e. The minimum Gasteiger partial charge on any atom is -0.449 e. The monoisotopic (exact) mass is 415 g/mol. The number of sulfone groups is 1. The van der Waals surface area contributed by atoms with E-state index in [9.17, 15) is 18.0 Å². The molecule has 0 aliphatic rings. The highest BCUT2D eigenvalue weighted by atomic mass is 35.5. The standard InChI is InChI=1S/C17H15Cl2NO5S/c1-10(16(21)20-14-8-12(18)7-13(19)9-14)25-17(22)11-3-5-15(6-4-11)26(2,23)24/h3-10H,1-2H3,(H,20,21). The van der Waals surface area contributed by atoms with Gasteiger partial charge in [-0.1, -0.05) is 23.2 Å². The number of esters is 1. The Kier molecular flexibility index (Phi) is 6.28. The lowest BCUT2D eigenvalue weighted by molar-refractivity contribution is -0.123. The Balaban J connectivity index is 2.02. The van der Waals surface area contributed by atoms with Crippen molar-refractivity contribution in [2.45, 2.75) is 17.9 Å². The minimum absolute atomic E-state index is 0.0812. The van der Waals surface area contributed by atoms with Gasteiger partial charge in [-0.05, 0) is 49.4 Å². The predicted octanol–water partition coefficient (Wildman–Crippen LogP) is 3.58. The molecule has 0 aromatic heterocycles. The van der Waals surface area contributed by atoms with E-state index in [0.29, 0.717) is 15.7 Å². The first kappa shape index (κ1) is 20.2. The molecule has 6 nitrogen and oxygen atoms in total. The van der Waals surface area contributed by atoms with Crippen molar-refractivity contribution in [2.75, 3.05) is 11.6 Å². The van der Waals surface area contributed by atoms with Crippen LogP contribution in [-0.4, -0.2) is 32.7 Å². The third-order valence-corrected chi connectivity index (χ3v) is 4.87. The molecule has 1 unspecified atom stereocenters. The van der Waals surface area contributed by atoms with E-state index < -0.39 is 27.8 Å². The topological polar surface area (TPSA) is 89.5 Å². The number of anilines is 1. The molecule has 0 saturated carbocycles. The lowest BCUT2D eigenvalue weighted by atomic mass is 10.2.